The smallest absolute Gasteiger partial charge is 0.269 e. The minimum atomic E-state index is -0.147. The van der Waals surface area contributed by atoms with Crippen LogP contribution in [0.15, 0.2) is 30.3 Å². The highest BCUT2D eigenvalue weighted by molar-refractivity contribution is 5.92. The van der Waals surface area contributed by atoms with E-state index < -0.39 is 0 Å². The second-order valence-electron chi connectivity index (χ2n) is 4.69. The third kappa shape index (κ3) is 3.48. The quantitative estimate of drug-likeness (QED) is 0.914. The first-order chi connectivity index (χ1) is 10.2. The number of aryl methyl sites for hydroxylation is 2. The summed E-state index contributed by atoms with van der Waals surface area (Å²) in [6.45, 7) is 5.02. The Kier molecular flexibility index (Phi) is 4.72. The number of aromatic nitrogens is 2. The van der Waals surface area contributed by atoms with Crippen LogP contribution in [0.5, 0.6) is 0 Å². The van der Waals surface area contributed by atoms with Crippen LogP contribution in [0.25, 0.3) is 0 Å². The van der Waals surface area contributed by atoms with E-state index in [0.29, 0.717) is 24.3 Å². The Morgan fingerprint density at radius 2 is 2.19 bits per heavy atom. The molecular formula is C16H18N4O. The predicted octanol–water partition coefficient (Wildman–Crippen LogP) is 2.27. The average Bonchev–Trinajstić information content (AvgIpc) is 2.96. The van der Waals surface area contributed by atoms with Gasteiger partial charge in [-0.1, -0.05) is 19.1 Å². The number of nitrogens with zero attached hydrogens (tertiary/aromatic N) is 3. The van der Waals surface area contributed by atoms with Gasteiger partial charge in [0.05, 0.1) is 17.3 Å². The Morgan fingerprint density at radius 3 is 2.86 bits per heavy atom. The van der Waals surface area contributed by atoms with Crippen molar-refractivity contribution in [2.75, 3.05) is 0 Å². The van der Waals surface area contributed by atoms with E-state index in [2.05, 4.69) is 16.5 Å². The molecule has 2 rings (SSSR count). The van der Waals surface area contributed by atoms with Crippen LogP contribution in [-0.2, 0) is 19.5 Å². The molecule has 5 heteroatoms. The normalized spacial score (nSPS) is 10.1. The SMILES string of the molecule is CCc1cc(C(=O)NCc2cccc(C#N)c2)n(CC)n1. The van der Waals surface area contributed by atoms with Gasteiger partial charge >= 0.3 is 0 Å². The molecule has 1 aromatic carbocycles. The summed E-state index contributed by atoms with van der Waals surface area (Å²) in [6.07, 6.45) is 0.803. The monoisotopic (exact) mass is 282 g/mol. The van der Waals surface area contributed by atoms with Crippen LogP contribution in [0.3, 0.4) is 0 Å². The van der Waals surface area contributed by atoms with Crippen LogP contribution in [0.2, 0.25) is 0 Å². The number of hydrogen-bond donors (Lipinski definition) is 1. The number of nitrogens with one attached hydrogen (secondary N) is 1. The molecule has 0 radical (unpaired) electrons. The van der Waals surface area contributed by atoms with Gasteiger partial charge in [-0.2, -0.15) is 10.4 Å². The summed E-state index contributed by atoms with van der Waals surface area (Å²) < 4.78 is 1.71. The van der Waals surface area contributed by atoms with Gasteiger partial charge < -0.3 is 5.32 Å². The van der Waals surface area contributed by atoms with Gasteiger partial charge in [-0.3, -0.25) is 9.48 Å². The van der Waals surface area contributed by atoms with E-state index in [4.69, 9.17) is 5.26 Å². The number of amides is 1. The van der Waals surface area contributed by atoms with Crippen molar-refractivity contribution in [1.29, 1.82) is 5.26 Å². The molecule has 0 saturated heterocycles. The molecule has 0 fully saturated rings. The predicted molar refractivity (Wildman–Crippen MR) is 79.6 cm³/mol. The van der Waals surface area contributed by atoms with Crippen LogP contribution in [0.4, 0.5) is 0 Å². The molecule has 0 bridgehead atoms. The summed E-state index contributed by atoms with van der Waals surface area (Å²) >= 11 is 0. The van der Waals surface area contributed by atoms with Crippen molar-refractivity contribution in [2.45, 2.75) is 33.4 Å². The molecule has 5 nitrogen and oxygen atoms in total. The van der Waals surface area contributed by atoms with Gasteiger partial charge in [0.2, 0.25) is 0 Å². The number of carbonyl (C=O) groups excluding carboxylic acids is 1. The van der Waals surface area contributed by atoms with Gasteiger partial charge in [0, 0.05) is 13.1 Å². The van der Waals surface area contributed by atoms with Gasteiger partial charge in [-0.15, -0.1) is 0 Å². The Hall–Kier alpha value is -2.61. The maximum absolute atomic E-state index is 12.2. The third-order valence-electron chi connectivity index (χ3n) is 3.23. The zero-order chi connectivity index (χ0) is 15.2. The highest BCUT2D eigenvalue weighted by atomic mass is 16.2. The lowest BCUT2D eigenvalue weighted by atomic mass is 10.1. The molecule has 1 aromatic heterocycles. The first-order valence-corrected chi connectivity index (χ1v) is 7.01. The van der Waals surface area contributed by atoms with E-state index in [1.165, 1.54) is 0 Å². The zero-order valence-electron chi connectivity index (χ0n) is 12.3. The maximum Gasteiger partial charge on any atom is 0.269 e. The summed E-state index contributed by atoms with van der Waals surface area (Å²) in [5.74, 6) is -0.147. The van der Waals surface area contributed by atoms with Gasteiger partial charge in [-0.05, 0) is 37.1 Å². The second kappa shape index (κ2) is 6.71. The largest absolute Gasteiger partial charge is 0.347 e. The Labute approximate surface area is 124 Å². The number of nitriles is 1. The van der Waals surface area contributed by atoms with Crippen molar-refractivity contribution in [3.63, 3.8) is 0 Å². The second-order valence-corrected chi connectivity index (χ2v) is 4.69. The summed E-state index contributed by atoms with van der Waals surface area (Å²) in [5.41, 5.74) is 2.98. The number of carbonyl (C=O) groups is 1. The van der Waals surface area contributed by atoms with Crippen LogP contribution >= 0.6 is 0 Å². The number of hydrogen-bond acceptors (Lipinski definition) is 3. The zero-order valence-corrected chi connectivity index (χ0v) is 12.3. The first kappa shape index (κ1) is 14.8. The molecule has 1 amide bonds. The van der Waals surface area contributed by atoms with Gasteiger partial charge in [0.1, 0.15) is 5.69 Å². The van der Waals surface area contributed by atoms with Crippen LogP contribution in [-0.4, -0.2) is 15.7 Å². The molecule has 0 spiro atoms. The van der Waals surface area contributed by atoms with E-state index in [9.17, 15) is 4.79 Å². The summed E-state index contributed by atoms with van der Waals surface area (Å²) in [4.78, 5) is 12.2. The number of rotatable bonds is 5. The molecule has 1 heterocycles. The molecule has 0 aliphatic rings. The fourth-order valence-corrected chi connectivity index (χ4v) is 2.09. The van der Waals surface area contributed by atoms with Gasteiger partial charge in [0.15, 0.2) is 0 Å². The fraction of sp³-hybridized carbons (Fsp3) is 0.312. The highest BCUT2D eigenvalue weighted by Gasteiger charge is 2.13. The molecule has 0 atom stereocenters. The van der Waals surface area contributed by atoms with Crippen molar-refractivity contribution in [3.05, 3.63) is 52.8 Å². The molecule has 1 N–H and O–H groups in total. The average molecular weight is 282 g/mol. The Balaban J connectivity index is 2.08. The summed E-state index contributed by atoms with van der Waals surface area (Å²) in [6, 6.07) is 11.1. The minimum absolute atomic E-state index is 0.147. The highest BCUT2D eigenvalue weighted by Crippen LogP contribution is 2.07. The van der Waals surface area contributed by atoms with Gasteiger partial charge in [-0.25, -0.2) is 0 Å². The first-order valence-electron chi connectivity index (χ1n) is 7.01. The minimum Gasteiger partial charge on any atom is -0.347 e. The standard InChI is InChI=1S/C16H18N4O/c1-3-14-9-15(20(4-2)19-14)16(21)18-11-13-7-5-6-12(8-13)10-17/h5-9H,3-4,11H2,1-2H3,(H,18,21). The summed E-state index contributed by atoms with van der Waals surface area (Å²) in [5, 5.41) is 16.1. The lowest BCUT2D eigenvalue weighted by Crippen LogP contribution is -2.25. The Bertz CT molecular complexity index is 682. The molecule has 0 aliphatic heterocycles. The molecule has 21 heavy (non-hydrogen) atoms. The van der Waals surface area contributed by atoms with Crippen molar-refractivity contribution in [2.24, 2.45) is 0 Å². The van der Waals surface area contributed by atoms with E-state index in [0.717, 1.165) is 17.7 Å². The Morgan fingerprint density at radius 1 is 1.38 bits per heavy atom. The molecule has 0 aliphatic carbocycles. The van der Waals surface area contributed by atoms with Crippen molar-refractivity contribution in [1.82, 2.24) is 15.1 Å². The van der Waals surface area contributed by atoms with Crippen LogP contribution < -0.4 is 5.32 Å². The topological polar surface area (TPSA) is 70.7 Å². The molecule has 0 saturated carbocycles. The molecular weight excluding hydrogens is 264 g/mol. The van der Waals surface area contributed by atoms with E-state index in [-0.39, 0.29) is 5.91 Å². The molecule has 108 valence electrons. The van der Waals surface area contributed by atoms with Crippen LogP contribution in [0.1, 0.15) is 41.2 Å². The van der Waals surface area contributed by atoms with Crippen LogP contribution in [0, 0.1) is 11.3 Å². The van der Waals surface area contributed by atoms with E-state index in [1.54, 1.807) is 16.8 Å². The third-order valence-corrected chi connectivity index (χ3v) is 3.23. The molecule has 2 aromatic rings. The maximum atomic E-state index is 12.2. The summed E-state index contributed by atoms with van der Waals surface area (Å²) in [7, 11) is 0. The lowest BCUT2D eigenvalue weighted by Gasteiger charge is -2.07. The fourth-order valence-electron chi connectivity index (χ4n) is 2.09. The van der Waals surface area contributed by atoms with E-state index >= 15 is 0 Å². The van der Waals surface area contributed by atoms with Crippen molar-refractivity contribution in [3.8, 4) is 6.07 Å². The molecule has 0 unspecified atom stereocenters. The van der Waals surface area contributed by atoms with E-state index in [1.807, 2.05) is 32.0 Å². The lowest BCUT2D eigenvalue weighted by molar-refractivity contribution is 0.0940. The number of benzene rings is 1. The van der Waals surface area contributed by atoms with Crippen molar-refractivity contribution >= 4 is 5.91 Å². The van der Waals surface area contributed by atoms with Gasteiger partial charge in [0.25, 0.3) is 5.91 Å². The van der Waals surface area contributed by atoms with Crippen molar-refractivity contribution < 1.29 is 4.79 Å².